The van der Waals surface area contributed by atoms with Crippen LogP contribution in [0.1, 0.15) is 55.6 Å². The van der Waals surface area contributed by atoms with Gasteiger partial charge in [-0.2, -0.15) is 0 Å². The standard InChI is InChI=1S/C13H22N2S/c1-8(2)14-7-11-9(3)15-12(16-11)10-6-13(10,4)5/h8,10,14H,6-7H2,1-5H3. The summed E-state index contributed by atoms with van der Waals surface area (Å²) < 4.78 is 0. The highest BCUT2D eigenvalue weighted by Gasteiger charge is 2.48. The van der Waals surface area contributed by atoms with Crippen molar-refractivity contribution in [3.8, 4) is 0 Å². The van der Waals surface area contributed by atoms with Crippen molar-refractivity contribution in [3.63, 3.8) is 0 Å². The molecule has 0 aliphatic heterocycles. The number of hydrogen-bond acceptors (Lipinski definition) is 3. The summed E-state index contributed by atoms with van der Waals surface area (Å²) in [6.07, 6.45) is 1.30. The average Bonchev–Trinajstić information content (AvgIpc) is 2.65. The van der Waals surface area contributed by atoms with Crippen molar-refractivity contribution in [2.75, 3.05) is 0 Å². The topological polar surface area (TPSA) is 24.9 Å². The van der Waals surface area contributed by atoms with Gasteiger partial charge in [0.15, 0.2) is 0 Å². The van der Waals surface area contributed by atoms with Gasteiger partial charge in [-0.1, -0.05) is 27.7 Å². The molecule has 0 bridgehead atoms. The molecule has 1 N–H and O–H groups in total. The van der Waals surface area contributed by atoms with Crippen molar-refractivity contribution in [2.45, 2.75) is 59.5 Å². The zero-order valence-corrected chi connectivity index (χ0v) is 11.7. The van der Waals surface area contributed by atoms with E-state index in [1.165, 1.54) is 22.0 Å². The molecule has 1 unspecified atom stereocenters. The van der Waals surface area contributed by atoms with E-state index in [1.807, 2.05) is 11.3 Å². The van der Waals surface area contributed by atoms with Crippen LogP contribution >= 0.6 is 11.3 Å². The van der Waals surface area contributed by atoms with E-state index in [1.54, 1.807) is 0 Å². The fourth-order valence-corrected chi connectivity index (χ4v) is 3.28. The summed E-state index contributed by atoms with van der Waals surface area (Å²) in [6.45, 7) is 12.1. The lowest BCUT2D eigenvalue weighted by Gasteiger charge is -2.05. The third-order valence-corrected chi connectivity index (χ3v) is 4.66. The van der Waals surface area contributed by atoms with Gasteiger partial charge in [-0.05, 0) is 18.8 Å². The number of aryl methyl sites for hydroxylation is 1. The molecule has 0 aromatic carbocycles. The van der Waals surface area contributed by atoms with E-state index >= 15 is 0 Å². The Balaban J connectivity index is 2.05. The van der Waals surface area contributed by atoms with Crippen molar-refractivity contribution in [3.05, 3.63) is 15.6 Å². The van der Waals surface area contributed by atoms with Crippen LogP contribution in [0.3, 0.4) is 0 Å². The Hall–Kier alpha value is -0.410. The Kier molecular flexibility index (Phi) is 3.10. The van der Waals surface area contributed by atoms with Crippen molar-refractivity contribution in [2.24, 2.45) is 5.41 Å². The Labute approximate surface area is 102 Å². The summed E-state index contributed by atoms with van der Waals surface area (Å²) in [5.74, 6) is 0.712. The number of nitrogens with zero attached hydrogens (tertiary/aromatic N) is 1. The smallest absolute Gasteiger partial charge is 0.0967 e. The van der Waals surface area contributed by atoms with Crippen LogP contribution in [-0.4, -0.2) is 11.0 Å². The molecule has 2 rings (SSSR count). The maximum atomic E-state index is 4.72. The minimum atomic E-state index is 0.493. The van der Waals surface area contributed by atoms with Crippen LogP contribution in [0.2, 0.25) is 0 Å². The first-order valence-corrected chi connectivity index (χ1v) is 6.91. The van der Waals surface area contributed by atoms with Gasteiger partial charge in [0.1, 0.15) is 0 Å². The van der Waals surface area contributed by atoms with Crippen LogP contribution in [-0.2, 0) is 6.54 Å². The van der Waals surface area contributed by atoms with Gasteiger partial charge < -0.3 is 5.32 Å². The maximum Gasteiger partial charge on any atom is 0.0967 e. The van der Waals surface area contributed by atoms with E-state index < -0.39 is 0 Å². The van der Waals surface area contributed by atoms with Crippen LogP contribution in [0.4, 0.5) is 0 Å². The molecule has 3 heteroatoms. The molecule has 1 aromatic rings. The van der Waals surface area contributed by atoms with E-state index in [0.717, 1.165) is 6.54 Å². The van der Waals surface area contributed by atoms with E-state index in [9.17, 15) is 0 Å². The molecular weight excluding hydrogens is 216 g/mol. The monoisotopic (exact) mass is 238 g/mol. The van der Waals surface area contributed by atoms with Crippen LogP contribution in [0.15, 0.2) is 0 Å². The molecule has 1 heterocycles. The second kappa shape index (κ2) is 4.11. The summed E-state index contributed by atoms with van der Waals surface area (Å²) in [5.41, 5.74) is 1.71. The largest absolute Gasteiger partial charge is 0.310 e. The number of hydrogen-bond donors (Lipinski definition) is 1. The number of thiazole rings is 1. The first-order chi connectivity index (χ1) is 7.40. The summed E-state index contributed by atoms with van der Waals surface area (Å²) in [4.78, 5) is 6.13. The number of aromatic nitrogens is 1. The molecule has 0 radical (unpaired) electrons. The third kappa shape index (κ3) is 2.46. The molecule has 16 heavy (non-hydrogen) atoms. The number of nitrogens with one attached hydrogen (secondary N) is 1. The molecule has 1 aromatic heterocycles. The summed E-state index contributed by atoms with van der Waals surface area (Å²) in [5, 5.41) is 4.82. The predicted octanol–water partition coefficient (Wildman–Crippen LogP) is 3.46. The Morgan fingerprint density at radius 1 is 1.50 bits per heavy atom. The van der Waals surface area contributed by atoms with Crippen molar-refractivity contribution in [1.29, 1.82) is 0 Å². The van der Waals surface area contributed by atoms with Gasteiger partial charge in [-0.25, -0.2) is 4.98 Å². The minimum absolute atomic E-state index is 0.493. The highest BCUT2D eigenvalue weighted by Crippen LogP contribution is 2.59. The minimum Gasteiger partial charge on any atom is -0.310 e. The molecule has 1 saturated carbocycles. The SMILES string of the molecule is Cc1nc(C2CC2(C)C)sc1CNC(C)C. The zero-order valence-electron chi connectivity index (χ0n) is 10.9. The lowest BCUT2D eigenvalue weighted by Crippen LogP contribution is -2.21. The van der Waals surface area contributed by atoms with Crippen molar-refractivity contribution in [1.82, 2.24) is 10.3 Å². The van der Waals surface area contributed by atoms with Gasteiger partial charge in [-0.15, -0.1) is 11.3 Å². The van der Waals surface area contributed by atoms with E-state index in [4.69, 9.17) is 4.98 Å². The van der Waals surface area contributed by atoms with Gasteiger partial charge in [0.2, 0.25) is 0 Å². The van der Waals surface area contributed by atoms with Crippen LogP contribution in [0.25, 0.3) is 0 Å². The molecular formula is C13H22N2S. The second-order valence-corrected chi connectivity index (χ2v) is 6.96. The first-order valence-electron chi connectivity index (χ1n) is 6.10. The fourth-order valence-electron chi connectivity index (χ4n) is 1.95. The Morgan fingerprint density at radius 2 is 2.12 bits per heavy atom. The van der Waals surface area contributed by atoms with Crippen LogP contribution in [0.5, 0.6) is 0 Å². The summed E-state index contributed by atoms with van der Waals surface area (Å²) in [6, 6.07) is 0.544. The number of rotatable bonds is 4. The highest BCUT2D eigenvalue weighted by atomic mass is 32.1. The quantitative estimate of drug-likeness (QED) is 0.869. The summed E-state index contributed by atoms with van der Waals surface area (Å²) in [7, 11) is 0. The molecule has 90 valence electrons. The van der Waals surface area contributed by atoms with Crippen molar-refractivity contribution >= 4 is 11.3 Å². The van der Waals surface area contributed by atoms with E-state index in [0.29, 0.717) is 17.4 Å². The second-order valence-electron chi connectivity index (χ2n) is 5.84. The third-order valence-electron chi connectivity index (χ3n) is 3.39. The molecule has 1 aliphatic carbocycles. The zero-order chi connectivity index (χ0) is 11.9. The Morgan fingerprint density at radius 3 is 2.62 bits per heavy atom. The van der Waals surface area contributed by atoms with Gasteiger partial charge in [-0.3, -0.25) is 0 Å². The fraction of sp³-hybridized carbons (Fsp3) is 0.769. The average molecular weight is 238 g/mol. The molecule has 1 fully saturated rings. The van der Waals surface area contributed by atoms with Gasteiger partial charge in [0, 0.05) is 23.4 Å². The predicted molar refractivity (Wildman–Crippen MR) is 70.0 cm³/mol. The maximum absolute atomic E-state index is 4.72. The summed E-state index contributed by atoms with van der Waals surface area (Å²) >= 11 is 1.90. The van der Waals surface area contributed by atoms with Gasteiger partial charge >= 0.3 is 0 Å². The molecule has 1 atom stereocenters. The molecule has 0 amide bonds. The lowest BCUT2D eigenvalue weighted by molar-refractivity contribution is 0.591. The molecule has 0 saturated heterocycles. The van der Waals surface area contributed by atoms with Crippen molar-refractivity contribution < 1.29 is 0 Å². The van der Waals surface area contributed by atoms with Gasteiger partial charge in [0.05, 0.1) is 10.7 Å². The van der Waals surface area contributed by atoms with Gasteiger partial charge in [0.25, 0.3) is 0 Å². The van der Waals surface area contributed by atoms with Crippen LogP contribution in [0, 0.1) is 12.3 Å². The lowest BCUT2D eigenvalue weighted by atomic mass is 10.1. The van der Waals surface area contributed by atoms with Crippen LogP contribution < -0.4 is 5.32 Å². The first kappa shape index (κ1) is 12.1. The molecule has 0 spiro atoms. The molecule has 2 nitrogen and oxygen atoms in total. The van der Waals surface area contributed by atoms with E-state index in [2.05, 4.69) is 39.9 Å². The molecule has 1 aliphatic rings. The normalized spacial score (nSPS) is 22.8. The Bertz CT molecular complexity index is 379. The highest BCUT2D eigenvalue weighted by molar-refractivity contribution is 7.11. The van der Waals surface area contributed by atoms with E-state index in [-0.39, 0.29) is 0 Å².